The molecule has 1 aromatic carbocycles. The second kappa shape index (κ2) is 49.1. The number of hydrogen-bond donors (Lipinski definition) is 0. The summed E-state index contributed by atoms with van der Waals surface area (Å²) in [7, 11) is 1.67. The fourth-order valence-corrected chi connectivity index (χ4v) is 23.3. The maximum absolute atomic E-state index is 11.9. The Balaban J connectivity index is 0.000000131. The average molecular weight is 2000 g/mol. The zero-order chi connectivity index (χ0) is 103. The van der Waals surface area contributed by atoms with Crippen LogP contribution in [0, 0.1) is 59.2 Å². The second-order valence-electron chi connectivity index (χ2n) is 42.5. The lowest BCUT2D eigenvalue weighted by molar-refractivity contribution is -0.248. The van der Waals surface area contributed by atoms with Crippen LogP contribution in [-0.2, 0) is 143 Å². The van der Waals surface area contributed by atoms with Crippen molar-refractivity contribution in [3.63, 3.8) is 0 Å². The van der Waals surface area contributed by atoms with Gasteiger partial charge < -0.3 is 104 Å². The quantitative estimate of drug-likeness (QED) is 0.0337. The normalized spacial score (nSPS) is 38.6. The van der Waals surface area contributed by atoms with Crippen molar-refractivity contribution in [2.45, 2.75) is 390 Å². The van der Waals surface area contributed by atoms with Gasteiger partial charge in [-0.2, -0.15) is 0 Å². The molecule has 20 aliphatic rings. The number of fused-ring (bicyclic) bond motifs is 16. The van der Waals surface area contributed by atoms with Gasteiger partial charge >= 0.3 is 0 Å². The number of hydrogen-bond acceptors (Lipinski definition) is 30. The summed E-state index contributed by atoms with van der Waals surface area (Å²) in [6.45, 7) is 41.2. The Morgan fingerprint density at radius 3 is 0.979 bits per heavy atom. The summed E-state index contributed by atoms with van der Waals surface area (Å²) < 4.78 is 128. The van der Waals surface area contributed by atoms with Gasteiger partial charge in [0.05, 0.1) is 167 Å². The molecule has 20 heterocycles. The van der Waals surface area contributed by atoms with E-state index in [1.807, 2.05) is 143 Å². The van der Waals surface area contributed by atoms with Crippen LogP contribution in [-0.4, -0.2) is 276 Å². The van der Waals surface area contributed by atoms with Gasteiger partial charge in [-0.1, -0.05) is 171 Å². The van der Waals surface area contributed by atoms with Gasteiger partial charge in [0.2, 0.25) is 0 Å². The minimum absolute atomic E-state index is 0.00750. The van der Waals surface area contributed by atoms with Crippen LogP contribution in [0.1, 0.15) is 245 Å². The fourth-order valence-electron chi connectivity index (χ4n) is 23.3. The van der Waals surface area contributed by atoms with Gasteiger partial charge in [-0.15, -0.1) is 0 Å². The van der Waals surface area contributed by atoms with E-state index in [9.17, 15) is 38.4 Å². The van der Waals surface area contributed by atoms with Crippen molar-refractivity contribution in [1.29, 1.82) is 0 Å². The van der Waals surface area contributed by atoms with Crippen LogP contribution < -0.4 is 0 Å². The third-order valence-corrected chi connectivity index (χ3v) is 32.5. The van der Waals surface area contributed by atoms with E-state index in [-0.39, 0.29) is 197 Å². The van der Waals surface area contributed by atoms with Crippen molar-refractivity contribution < 1.29 is 143 Å². The molecule has 30 unspecified atom stereocenters. The monoisotopic (exact) mass is 2000 g/mol. The number of carbonyl (C=O) groups excluding carboxylic acids is 8. The van der Waals surface area contributed by atoms with E-state index in [0.717, 1.165) is 76.2 Å². The van der Waals surface area contributed by atoms with E-state index >= 15 is 0 Å². The molecule has 143 heavy (non-hydrogen) atoms. The number of methoxy groups -OCH3 is 1. The number of ether oxygens (including phenoxy) is 22. The first-order chi connectivity index (χ1) is 68.5. The highest BCUT2D eigenvalue weighted by atomic mass is 16.8. The summed E-state index contributed by atoms with van der Waals surface area (Å²) >= 11 is 0. The van der Waals surface area contributed by atoms with Gasteiger partial charge in [0.15, 0.2) is 37.7 Å². The Hall–Kier alpha value is -6.38. The van der Waals surface area contributed by atoms with Crippen LogP contribution in [0.25, 0.3) is 0 Å². The minimum atomic E-state index is -0.598. The highest BCUT2D eigenvalue weighted by Gasteiger charge is 2.64. The van der Waals surface area contributed by atoms with E-state index in [1.165, 1.54) is 0 Å². The van der Waals surface area contributed by atoms with Crippen molar-refractivity contribution in [2.75, 3.05) is 79.8 Å². The lowest BCUT2D eigenvalue weighted by Gasteiger charge is -2.35. The number of benzene rings is 1. The SMILES string of the molecule is CC(=O)C1CC2(C3OCC(C)O3)C=CC1O2.CC(=O)C1CC2(C3OCC(c4ccccc4)O3)C=CC1O2.CC(=O)C1CC2(C3OCCCO3)C=CC1O2.CC(=O)C1CC2(C3OCCO3)C=CC1O2.CCC(CC)COC(OCC(CC)CC)C12C=CC(O1)C(C(C)=O)C2.CCCCOC(OCCCC)C12C=CC(O1)C(C(C)=O)C2.CCOC(C)C12C=CC(O1)C(C(C)=O)C2.COC(C)C12C=CC(O1)C(C(C)=O)C2. The van der Waals surface area contributed by atoms with Crippen LogP contribution in [0.2, 0.25) is 0 Å². The molecular weight excluding hydrogens is 1840 g/mol. The zero-order valence-electron chi connectivity index (χ0n) is 87.8. The van der Waals surface area contributed by atoms with Crippen molar-refractivity contribution >= 4 is 46.3 Å². The third-order valence-electron chi connectivity index (χ3n) is 32.5. The summed E-state index contributed by atoms with van der Waals surface area (Å²) in [6, 6.07) is 10.0. The molecule has 0 aliphatic carbocycles. The van der Waals surface area contributed by atoms with Gasteiger partial charge in [0, 0.05) is 26.9 Å². The number of rotatable bonds is 38. The molecule has 21 rings (SSSR count). The summed E-state index contributed by atoms with van der Waals surface area (Å²) in [6.07, 6.45) is 44.3. The van der Waals surface area contributed by atoms with E-state index in [2.05, 4.69) is 53.7 Å². The molecule has 30 nitrogen and oxygen atoms in total. The molecule has 0 spiro atoms. The Labute approximate surface area is 846 Å². The van der Waals surface area contributed by atoms with Crippen LogP contribution in [0.5, 0.6) is 0 Å². The van der Waals surface area contributed by atoms with E-state index < -0.39 is 52.5 Å². The molecule has 0 N–H and O–H groups in total. The first-order valence-electron chi connectivity index (χ1n) is 53.2. The van der Waals surface area contributed by atoms with Crippen LogP contribution in [0.4, 0.5) is 0 Å². The molecule has 794 valence electrons. The molecule has 12 fully saturated rings. The van der Waals surface area contributed by atoms with Crippen LogP contribution in [0.3, 0.4) is 0 Å². The fraction of sp³-hybridized carbons (Fsp3) is 0.735. The second-order valence-corrected chi connectivity index (χ2v) is 42.5. The standard InChI is InChI=1S/C21H36O4.C17H18O4.C17H28O4.2C12H16O4.C12H18O3.C11H14O4.C11H16O3/c1-6-16(7-2)13-23-20(24-14-17(8-3)9-4)21-11-10-19(25-21)18(12-21)15(5)22;1-11(18)13-9-17(8-7-14(13)21-17)16-19-10-15(20-16)12-5-3-2-4-6-12;1-4-6-10-19-16(20-11-7-5-2)17-9-8-15(21-17)14(12-17)13(3)18;1-7-6-14-11(15-7)12-4-3-10(16-12)9(5-12)8(2)13;1-8(13)9-7-12(4-3-10(9)16-12)11-14-5-2-6-15-11;1-4-14-9(3)12-6-5-11(15-12)10(7-12)8(2)13;1-7(12)8-6-11(3-2-9(8)15-11)10-13-4-5-14-10;1-7(12)9-6-11(8(2)13-3)5-4-10(9)14-11/h10-11,16-20H,6-9,12-14H2,1-5H3;2-8,13-16H,9-10H2,1H3;8-9,14-16H,4-7,10-12H2,1-3H3;3-4,7,9-11H,5-6H2,1-2H3;3-4,9-11H,2,5-7H2,1H3;5-6,9-11H,4,7H2,1-3H3;2-3,8-10H,4-6H2,1H3;4-5,8-10H,6H2,1-3H3. The lowest BCUT2D eigenvalue weighted by Crippen LogP contribution is -2.45. The molecule has 12 saturated heterocycles. The first kappa shape index (κ1) is 112. The Bertz CT molecular complexity index is 4630. The summed E-state index contributed by atoms with van der Waals surface area (Å²) in [4.78, 5) is 92.4. The molecule has 30 atom stereocenters. The molecule has 0 radical (unpaired) electrons. The largest absolute Gasteiger partial charge is 0.378 e. The van der Waals surface area contributed by atoms with Crippen molar-refractivity contribution in [3.05, 3.63) is 133 Å². The molecule has 16 bridgehead atoms. The third kappa shape index (κ3) is 24.9. The van der Waals surface area contributed by atoms with Crippen LogP contribution >= 0.6 is 0 Å². The van der Waals surface area contributed by atoms with Gasteiger partial charge in [0.25, 0.3) is 0 Å². The van der Waals surface area contributed by atoms with Gasteiger partial charge in [0.1, 0.15) is 97.2 Å². The van der Waals surface area contributed by atoms with Crippen LogP contribution in [0.15, 0.2) is 128 Å². The number of ketones is 8. The van der Waals surface area contributed by atoms with E-state index in [1.54, 1.807) is 62.5 Å². The maximum atomic E-state index is 11.9. The molecule has 30 heteroatoms. The summed E-state index contributed by atoms with van der Waals surface area (Å²) in [5.41, 5.74) is -2.89. The minimum Gasteiger partial charge on any atom is -0.378 e. The highest BCUT2D eigenvalue weighted by Crippen LogP contribution is 2.55. The molecule has 1 aromatic rings. The molecule has 0 amide bonds. The molecule has 0 saturated carbocycles. The Morgan fingerprint density at radius 2 is 0.650 bits per heavy atom. The number of unbranched alkanes of at least 4 members (excludes halogenated alkanes) is 2. The van der Waals surface area contributed by atoms with Gasteiger partial charge in [-0.3, -0.25) is 38.4 Å². The van der Waals surface area contributed by atoms with Crippen molar-refractivity contribution in [2.24, 2.45) is 59.2 Å². The Morgan fingerprint density at radius 1 is 0.343 bits per heavy atom. The Kier molecular flexibility index (Phi) is 38.6. The van der Waals surface area contributed by atoms with E-state index in [4.69, 9.17) is 104 Å². The predicted octanol–water partition coefficient (Wildman–Crippen LogP) is 16.0. The predicted molar refractivity (Wildman–Crippen MR) is 527 cm³/mol. The lowest BCUT2D eigenvalue weighted by atomic mass is 9.82. The zero-order valence-corrected chi connectivity index (χ0v) is 87.8. The number of Topliss-reactive ketones (excluding diaryl/α,β-unsaturated/α-hetero) is 8. The van der Waals surface area contributed by atoms with Gasteiger partial charge in [-0.05, 0) is 208 Å². The van der Waals surface area contributed by atoms with Crippen molar-refractivity contribution in [1.82, 2.24) is 0 Å². The summed E-state index contributed by atoms with van der Waals surface area (Å²) in [5.74, 6) is 2.36. The summed E-state index contributed by atoms with van der Waals surface area (Å²) in [5, 5.41) is 0. The first-order valence-corrected chi connectivity index (χ1v) is 53.2. The average Bonchev–Trinajstić information content (AvgIpc) is 1.58. The highest BCUT2D eigenvalue weighted by molar-refractivity contribution is 5.84. The topological polar surface area (TPSA) is 340 Å². The van der Waals surface area contributed by atoms with E-state index in [0.29, 0.717) is 123 Å². The smallest absolute Gasteiger partial charge is 0.191 e. The maximum Gasteiger partial charge on any atom is 0.191 e. The van der Waals surface area contributed by atoms with Gasteiger partial charge in [-0.25, -0.2) is 0 Å². The molecule has 0 aromatic heterocycles. The van der Waals surface area contributed by atoms with Crippen molar-refractivity contribution in [3.8, 4) is 0 Å². The number of carbonyl (C=O) groups is 8. The molecular formula is C113H162O30. The molecule has 20 aliphatic heterocycles.